The Hall–Kier alpha value is -5.18. The number of urea groups is 1. The Morgan fingerprint density at radius 3 is 2.51 bits per heavy atom. The first-order valence-electron chi connectivity index (χ1n) is 14.6. The highest BCUT2D eigenvalue weighted by Gasteiger charge is 2.27. The van der Waals surface area contributed by atoms with Crippen molar-refractivity contribution in [2.24, 2.45) is 0 Å². The second-order valence-corrected chi connectivity index (χ2v) is 11.3. The number of aryl methyl sites for hydroxylation is 3. The molecule has 2 aromatic carbocycles. The highest BCUT2D eigenvalue weighted by molar-refractivity contribution is 6.32. The summed E-state index contributed by atoms with van der Waals surface area (Å²) in [5.41, 5.74) is 4.81. The number of piperidine rings is 1. The lowest BCUT2D eigenvalue weighted by atomic mass is 10.0. The van der Waals surface area contributed by atoms with Gasteiger partial charge in [-0.25, -0.2) is 9.78 Å². The number of hydrogen-bond acceptors (Lipinski definition) is 9. The van der Waals surface area contributed by atoms with E-state index < -0.39 is 12.5 Å². The Labute approximate surface area is 272 Å². The molecule has 12 nitrogen and oxygen atoms in total. The molecule has 4 aromatic rings. The first-order chi connectivity index (χ1) is 22.5. The Morgan fingerprint density at radius 2 is 1.81 bits per heavy atom. The Balaban J connectivity index is 0.000000662. The van der Waals surface area contributed by atoms with Gasteiger partial charge in [0.15, 0.2) is 11.5 Å². The molecule has 4 heterocycles. The summed E-state index contributed by atoms with van der Waals surface area (Å²) in [6, 6.07) is 15.1. The van der Waals surface area contributed by atoms with Crippen molar-refractivity contribution in [3.8, 4) is 0 Å². The number of likely N-dealkylation sites (tertiary alicyclic amines) is 1. The van der Waals surface area contributed by atoms with Crippen LogP contribution < -0.4 is 21.3 Å². The van der Waals surface area contributed by atoms with E-state index in [1.165, 1.54) is 0 Å². The normalized spacial score (nSPS) is 14.4. The monoisotopic (exact) mass is 670 g/mol. The number of carbonyl (C=O) groups excluding carboxylic acids is 3. The fraction of sp³-hybridized carbons (Fsp3) is 0.290. The van der Waals surface area contributed by atoms with Crippen LogP contribution in [0.15, 0.2) is 59.3 Å². The lowest BCUT2D eigenvalue weighted by Gasteiger charge is -2.32. The number of halogens is 4. The van der Waals surface area contributed by atoms with E-state index in [1.807, 2.05) is 30.3 Å². The van der Waals surface area contributed by atoms with Crippen LogP contribution >= 0.6 is 11.6 Å². The van der Waals surface area contributed by atoms with Crippen molar-refractivity contribution in [2.45, 2.75) is 44.8 Å². The fourth-order valence-corrected chi connectivity index (χ4v) is 5.20. The van der Waals surface area contributed by atoms with Crippen LogP contribution in [-0.4, -0.2) is 63.6 Å². The van der Waals surface area contributed by atoms with Gasteiger partial charge in [-0.3, -0.25) is 9.59 Å². The third kappa shape index (κ3) is 9.19. The molecule has 2 aromatic heterocycles. The molecule has 246 valence electrons. The lowest BCUT2D eigenvalue weighted by Crippen LogP contribution is -2.47. The average molecular weight is 671 g/mol. The van der Waals surface area contributed by atoms with E-state index in [0.717, 1.165) is 34.6 Å². The summed E-state index contributed by atoms with van der Waals surface area (Å²) in [6.45, 7) is 2.81. The van der Waals surface area contributed by atoms with Crippen LogP contribution in [0.1, 0.15) is 40.2 Å². The third-order valence-corrected chi connectivity index (χ3v) is 7.60. The van der Waals surface area contributed by atoms with Crippen LogP contribution in [0.3, 0.4) is 0 Å². The summed E-state index contributed by atoms with van der Waals surface area (Å²) in [7, 11) is 0. The molecule has 16 heteroatoms. The zero-order chi connectivity index (χ0) is 33.6. The molecular weight excluding hydrogens is 641 g/mol. The minimum Gasteiger partial charge on any atom is -0.361 e. The molecule has 47 heavy (non-hydrogen) atoms. The van der Waals surface area contributed by atoms with Crippen LogP contribution in [0.4, 0.5) is 46.8 Å². The number of aromatic nitrogens is 3. The van der Waals surface area contributed by atoms with Gasteiger partial charge in [-0.2, -0.15) is 18.2 Å². The quantitative estimate of drug-likeness (QED) is 0.187. The van der Waals surface area contributed by atoms with Crippen molar-refractivity contribution in [2.75, 3.05) is 29.0 Å². The molecule has 0 spiro atoms. The summed E-state index contributed by atoms with van der Waals surface area (Å²) in [5, 5.41) is 16.8. The number of rotatable bonds is 3. The number of hydrogen-bond donors (Lipinski definition) is 4. The SMILES string of the molecule is Cc1cc(C(=O)N2CCC(NC(=O)Nc3ccc4cc3CCc3cccc(c3)Nc3ncc(Cl)c(n3)N4)CC2)no1.O=CC(F)(F)F. The minimum absolute atomic E-state index is 0.0477. The second-order valence-electron chi connectivity index (χ2n) is 10.9. The molecule has 0 atom stereocenters. The number of nitrogens with one attached hydrogen (secondary N) is 4. The topological polar surface area (TPSA) is 154 Å². The maximum absolute atomic E-state index is 13.0. The molecule has 6 rings (SSSR count). The fourth-order valence-electron chi connectivity index (χ4n) is 5.06. The van der Waals surface area contributed by atoms with Gasteiger partial charge in [0.25, 0.3) is 5.91 Å². The number of amides is 3. The van der Waals surface area contributed by atoms with E-state index in [4.69, 9.17) is 20.9 Å². The smallest absolute Gasteiger partial charge is 0.361 e. The van der Waals surface area contributed by atoms with Crippen LogP contribution in [0.2, 0.25) is 5.02 Å². The Bertz CT molecular complexity index is 1760. The molecule has 4 N–H and O–H groups in total. The zero-order valence-electron chi connectivity index (χ0n) is 25.0. The molecule has 2 aliphatic rings. The Morgan fingerprint density at radius 1 is 1.06 bits per heavy atom. The highest BCUT2D eigenvalue weighted by atomic mass is 35.5. The maximum atomic E-state index is 13.0. The molecule has 0 radical (unpaired) electrons. The van der Waals surface area contributed by atoms with Crippen molar-refractivity contribution >= 4 is 58.7 Å². The molecule has 0 saturated carbocycles. The zero-order valence-corrected chi connectivity index (χ0v) is 25.8. The van der Waals surface area contributed by atoms with Crippen LogP contribution in [0.5, 0.6) is 0 Å². The predicted molar refractivity (Wildman–Crippen MR) is 168 cm³/mol. The number of nitrogens with zero attached hydrogens (tertiary/aromatic N) is 4. The molecule has 0 aliphatic carbocycles. The van der Waals surface area contributed by atoms with Crippen molar-refractivity contribution in [1.29, 1.82) is 0 Å². The number of carbonyl (C=O) groups is 3. The van der Waals surface area contributed by atoms with Gasteiger partial charge in [-0.15, -0.1) is 0 Å². The standard InChI is InChI=1S/C29H29ClN8O3.C2HF3O/c1-17-13-25(37-41-17)27(39)38-11-9-20(10-12-38)34-29(40)35-24-8-7-22-15-19(24)6-5-18-3-2-4-21(14-18)33-28-31-16-23(30)26(32-22)36-28;3-2(4,5)1-6/h2-4,7-8,13-16,20H,5-6,9-12H2,1H3,(H2,34,35,40)(H2,31,32,33,36);1H. The van der Waals surface area contributed by atoms with Gasteiger partial charge in [-0.05, 0) is 74.1 Å². The third-order valence-electron chi connectivity index (χ3n) is 7.32. The largest absolute Gasteiger partial charge is 0.446 e. The molecule has 3 amide bonds. The van der Waals surface area contributed by atoms with Crippen LogP contribution in [0, 0.1) is 6.92 Å². The first kappa shape index (κ1) is 33.2. The number of aldehydes is 1. The van der Waals surface area contributed by atoms with E-state index in [0.29, 0.717) is 60.6 Å². The van der Waals surface area contributed by atoms with Gasteiger partial charge >= 0.3 is 12.2 Å². The Kier molecular flexibility index (Phi) is 10.2. The molecule has 0 unspecified atom stereocenters. The molecule has 1 fully saturated rings. The predicted octanol–water partition coefficient (Wildman–Crippen LogP) is 6.19. The molecule has 1 saturated heterocycles. The molecular formula is C31H30ClF3N8O4. The van der Waals surface area contributed by atoms with Gasteiger partial charge in [0.05, 0.1) is 6.20 Å². The van der Waals surface area contributed by atoms with Crippen LogP contribution in [-0.2, 0) is 17.6 Å². The lowest BCUT2D eigenvalue weighted by molar-refractivity contribution is -0.156. The van der Waals surface area contributed by atoms with Gasteiger partial charge in [0.1, 0.15) is 10.8 Å². The molecule has 2 aliphatic heterocycles. The first-order valence-corrected chi connectivity index (χ1v) is 14.9. The second kappa shape index (κ2) is 14.5. The number of alkyl halides is 3. The number of benzene rings is 2. The van der Waals surface area contributed by atoms with E-state index in [-0.39, 0.29) is 18.0 Å². The van der Waals surface area contributed by atoms with Crippen LogP contribution in [0.25, 0.3) is 0 Å². The van der Waals surface area contributed by atoms with Crippen molar-refractivity contribution in [3.63, 3.8) is 0 Å². The van der Waals surface area contributed by atoms with Gasteiger partial charge < -0.3 is 30.7 Å². The van der Waals surface area contributed by atoms with E-state index in [9.17, 15) is 22.8 Å². The molecule has 6 bridgehead atoms. The summed E-state index contributed by atoms with van der Waals surface area (Å²) in [4.78, 5) is 45.0. The summed E-state index contributed by atoms with van der Waals surface area (Å²) >= 11 is 6.37. The highest BCUT2D eigenvalue weighted by Crippen LogP contribution is 2.29. The van der Waals surface area contributed by atoms with Crippen molar-refractivity contribution in [1.82, 2.24) is 25.3 Å². The van der Waals surface area contributed by atoms with Gasteiger partial charge in [0, 0.05) is 42.3 Å². The summed E-state index contributed by atoms with van der Waals surface area (Å²) < 4.78 is 36.3. The summed E-state index contributed by atoms with van der Waals surface area (Å²) in [5.74, 6) is 1.36. The summed E-state index contributed by atoms with van der Waals surface area (Å²) in [6.07, 6.45) is -1.37. The van der Waals surface area contributed by atoms with Crippen molar-refractivity contribution < 1.29 is 32.1 Å². The van der Waals surface area contributed by atoms with E-state index in [1.54, 1.807) is 24.1 Å². The van der Waals surface area contributed by atoms with Crippen molar-refractivity contribution in [3.05, 3.63) is 82.3 Å². The average Bonchev–Trinajstić information content (AvgIpc) is 3.48. The van der Waals surface area contributed by atoms with Gasteiger partial charge in [0.2, 0.25) is 12.2 Å². The van der Waals surface area contributed by atoms with E-state index >= 15 is 0 Å². The van der Waals surface area contributed by atoms with E-state index in [2.05, 4.69) is 48.5 Å². The maximum Gasteiger partial charge on any atom is 0.446 e. The number of anilines is 5. The van der Waals surface area contributed by atoms with Gasteiger partial charge in [-0.1, -0.05) is 28.9 Å². The number of fused-ring (bicyclic) bond motifs is 6. The minimum atomic E-state index is -4.64.